The number of ether oxygens (including phenoxy) is 1. The van der Waals surface area contributed by atoms with Gasteiger partial charge in [0, 0.05) is 10.0 Å². The van der Waals surface area contributed by atoms with E-state index in [9.17, 15) is 9.18 Å². The molecule has 5 heteroatoms. The van der Waals surface area contributed by atoms with E-state index in [4.69, 9.17) is 4.74 Å². The molecule has 1 rings (SSSR count). The second kappa shape index (κ2) is 5.49. The van der Waals surface area contributed by atoms with Crippen molar-refractivity contribution in [3.05, 3.63) is 34.1 Å². The van der Waals surface area contributed by atoms with Crippen LogP contribution in [0.1, 0.15) is 40.2 Å². The summed E-state index contributed by atoms with van der Waals surface area (Å²) >= 11 is 3.20. The summed E-state index contributed by atoms with van der Waals surface area (Å²) in [6.45, 7) is 8.78. The van der Waals surface area contributed by atoms with Crippen LogP contribution in [0.4, 0.5) is 9.18 Å². The topological polar surface area (TPSA) is 38.3 Å². The maximum absolute atomic E-state index is 13.9. The van der Waals surface area contributed by atoms with Gasteiger partial charge in [0.2, 0.25) is 0 Å². The van der Waals surface area contributed by atoms with Crippen LogP contribution >= 0.6 is 15.9 Å². The number of amides is 1. The predicted octanol–water partition coefficient (Wildman–Crippen LogP) is 4.35. The third kappa shape index (κ3) is 4.82. The summed E-state index contributed by atoms with van der Waals surface area (Å²) in [6.07, 6.45) is -0.570. The van der Waals surface area contributed by atoms with E-state index in [0.717, 1.165) is 0 Å². The summed E-state index contributed by atoms with van der Waals surface area (Å²) in [5, 5.41) is 2.67. The Hall–Kier alpha value is -1.10. The van der Waals surface area contributed by atoms with Crippen LogP contribution < -0.4 is 5.32 Å². The highest BCUT2D eigenvalue weighted by Crippen LogP contribution is 2.26. The van der Waals surface area contributed by atoms with Crippen molar-refractivity contribution < 1.29 is 13.9 Å². The monoisotopic (exact) mass is 331 g/mol. The highest BCUT2D eigenvalue weighted by Gasteiger charge is 2.28. The van der Waals surface area contributed by atoms with Gasteiger partial charge >= 0.3 is 6.09 Å². The first kappa shape index (κ1) is 16.0. The van der Waals surface area contributed by atoms with Crippen LogP contribution in [-0.2, 0) is 10.3 Å². The lowest BCUT2D eigenvalue weighted by Gasteiger charge is -2.29. The number of carbonyl (C=O) groups excluding carboxylic acids is 1. The molecule has 0 aliphatic rings. The van der Waals surface area contributed by atoms with Crippen molar-refractivity contribution in [3.63, 3.8) is 0 Å². The number of hydrogen-bond acceptors (Lipinski definition) is 2. The van der Waals surface area contributed by atoms with Gasteiger partial charge in [-0.3, -0.25) is 0 Å². The number of rotatable bonds is 2. The molecule has 0 bridgehead atoms. The molecule has 0 aliphatic heterocycles. The highest BCUT2D eigenvalue weighted by atomic mass is 79.9. The summed E-state index contributed by atoms with van der Waals surface area (Å²) in [4.78, 5) is 11.8. The van der Waals surface area contributed by atoms with Crippen LogP contribution in [0.5, 0.6) is 0 Å². The summed E-state index contributed by atoms with van der Waals surface area (Å²) in [5.41, 5.74) is -1.03. The van der Waals surface area contributed by atoms with Crippen LogP contribution in [0.25, 0.3) is 0 Å². The second-order valence-corrected chi connectivity index (χ2v) is 6.79. The molecule has 1 amide bonds. The molecule has 0 aromatic heterocycles. The van der Waals surface area contributed by atoms with E-state index < -0.39 is 17.2 Å². The fraction of sp³-hybridized carbons (Fsp3) is 0.500. The van der Waals surface area contributed by atoms with Gasteiger partial charge in [0.25, 0.3) is 0 Å². The van der Waals surface area contributed by atoms with Gasteiger partial charge in [-0.15, -0.1) is 0 Å². The minimum absolute atomic E-state index is 0.379. The summed E-state index contributed by atoms with van der Waals surface area (Å²) < 4.78 is 19.7. The fourth-order valence-electron chi connectivity index (χ4n) is 1.62. The van der Waals surface area contributed by atoms with E-state index in [1.807, 2.05) is 0 Å². The van der Waals surface area contributed by atoms with Crippen LogP contribution in [0.15, 0.2) is 22.7 Å². The molecule has 0 heterocycles. The summed E-state index contributed by atoms with van der Waals surface area (Å²) in [5.74, 6) is -0.379. The minimum atomic E-state index is -0.854. The van der Waals surface area contributed by atoms with E-state index in [0.29, 0.717) is 10.0 Å². The van der Waals surface area contributed by atoms with Crippen molar-refractivity contribution in [1.82, 2.24) is 5.32 Å². The van der Waals surface area contributed by atoms with Gasteiger partial charge in [-0.2, -0.15) is 0 Å². The smallest absolute Gasteiger partial charge is 0.408 e. The molecule has 1 N–H and O–H groups in total. The Kier molecular flexibility index (Phi) is 4.61. The standard InChI is InChI=1S/C14H19BrFNO2/c1-13(2,3)19-12(18)17-14(4,5)10-7-6-9(15)8-11(10)16/h6-8H,1-5H3,(H,17,18). The van der Waals surface area contributed by atoms with Crippen molar-refractivity contribution >= 4 is 22.0 Å². The van der Waals surface area contributed by atoms with Crippen LogP contribution in [0.3, 0.4) is 0 Å². The van der Waals surface area contributed by atoms with Crippen LogP contribution in [-0.4, -0.2) is 11.7 Å². The molecular formula is C14H19BrFNO2. The number of hydrogen-bond donors (Lipinski definition) is 1. The molecule has 0 fully saturated rings. The van der Waals surface area contributed by atoms with E-state index in [1.165, 1.54) is 6.07 Å². The quantitative estimate of drug-likeness (QED) is 0.874. The highest BCUT2D eigenvalue weighted by molar-refractivity contribution is 9.10. The lowest BCUT2D eigenvalue weighted by molar-refractivity contribution is 0.0469. The Bertz CT molecular complexity index is 481. The number of alkyl carbamates (subject to hydrolysis) is 1. The maximum Gasteiger partial charge on any atom is 0.408 e. The van der Waals surface area contributed by atoms with Gasteiger partial charge < -0.3 is 10.1 Å². The number of nitrogens with one attached hydrogen (secondary N) is 1. The molecular weight excluding hydrogens is 313 g/mol. The van der Waals surface area contributed by atoms with Crippen molar-refractivity contribution in [1.29, 1.82) is 0 Å². The number of carbonyl (C=O) groups is 1. The number of halogens is 2. The largest absolute Gasteiger partial charge is 0.444 e. The lowest BCUT2D eigenvalue weighted by atomic mass is 9.94. The van der Waals surface area contributed by atoms with Gasteiger partial charge in [-0.05, 0) is 46.8 Å². The lowest BCUT2D eigenvalue weighted by Crippen LogP contribution is -2.44. The Labute approximate surface area is 121 Å². The molecule has 0 spiro atoms. The van der Waals surface area contributed by atoms with Gasteiger partial charge in [-0.1, -0.05) is 22.0 Å². The molecule has 1 aromatic rings. The maximum atomic E-state index is 13.9. The van der Waals surface area contributed by atoms with Gasteiger partial charge in [0.15, 0.2) is 0 Å². The van der Waals surface area contributed by atoms with Gasteiger partial charge in [0.05, 0.1) is 5.54 Å². The van der Waals surface area contributed by atoms with Crippen molar-refractivity contribution in [3.8, 4) is 0 Å². The molecule has 0 unspecified atom stereocenters. The first-order valence-corrected chi connectivity index (χ1v) is 6.77. The summed E-state index contributed by atoms with van der Waals surface area (Å²) in [6, 6.07) is 4.74. The Morgan fingerprint density at radius 3 is 2.32 bits per heavy atom. The fourth-order valence-corrected chi connectivity index (χ4v) is 1.96. The molecule has 0 aliphatic carbocycles. The zero-order chi connectivity index (χ0) is 14.8. The molecule has 0 saturated heterocycles. The van der Waals surface area contributed by atoms with Gasteiger partial charge in [-0.25, -0.2) is 9.18 Å². The molecule has 19 heavy (non-hydrogen) atoms. The van der Waals surface area contributed by atoms with Crippen molar-refractivity contribution in [2.75, 3.05) is 0 Å². The van der Waals surface area contributed by atoms with E-state index in [2.05, 4.69) is 21.2 Å². The Morgan fingerprint density at radius 2 is 1.84 bits per heavy atom. The molecule has 0 radical (unpaired) electrons. The van der Waals surface area contributed by atoms with Crippen molar-refractivity contribution in [2.45, 2.75) is 45.8 Å². The Balaban J connectivity index is 2.89. The first-order chi connectivity index (χ1) is 8.51. The second-order valence-electron chi connectivity index (χ2n) is 5.88. The van der Waals surface area contributed by atoms with Crippen LogP contribution in [0.2, 0.25) is 0 Å². The third-order valence-electron chi connectivity index (χ3n) is 2.42. The van der Waals surface area contributed by atoms with E-state index >= 15 is 0 Å². The molecule has 3 nitrogen and oxygen atoms in total. The van der Waals surface area contributed by atoms with Crippen LogP contribution in [0, 0.1) is 5.82 Å². The SMILES string of the molecule is CC(C)(C)OC(=O)NC(C)(C)c1ccc(Br)cc1F. The molecule has 1 aromatic carbocycles. The minimum Gasteiger partial charge on any atom is -0.444 e. The zero-order valence-electron chi connectivity index (χ0n) is 11.8. The van der Waals surface area contributed by atoms with Gasteiger partial charge in [0.1, 0.15) is 11.4 Å². The molecule has 0 atom stereocenters. The van der Waals surface area contributed by atoms with Crippen molar-refractivity contribution in [2.24, 2.45) is 0 Å². The molecule has 106 valence electrons. The number of benzene rings is 1. The normalized spacial score (nSPS) is 12.2. The van der Waals surface area contributed by atoms with E-state index in [1.54, 1.807) is 46.8 Å². The summed E-state index contributed by atoms with van der Waals surface area (Å²) in [7, 11) is 0. The zero-order valence-corrected chi connectivity index (χ0v) is 13.4. The van der Waals surface area contributed by atoms with E-state index in [-0.39, 0.29) is 5.82 Å². The first-order valence-electron chi connectivity index (χ1n) is 5.98. The third-order valence-corrected chi connectivity index (χ3v) is 2.91. The molecule has 0 saturated carbocycles. The predicted molar refractivity (Wildman–Crippen MR) is 76.5 cm³/mol. The average Bonchev–Trinajstić information content (AvgIpc) is 2.11. The Morgan fingerprint density at radius 1 is 1.26 bits per heavy atom. The average molecular weight is 332 g/mol.